The molecule has 0 aliphatic carbocycles. The van der Waals surface area contributed by atoms with Crippen LogP contribution in [-0.4, -0.2) is 38.1 Å². The summed E-state index contributed by atoms with van der Waals surface area (Å²) in [5.74, 6) is 0.104. The minimum Gasteiger partial charge on any atom is -0.473 e. The van der Waals surface area contributed by atoms with E-state index in [2.05, 4.69) is 20.7 Å². The maximum absolute atomic E-state index is 14.3. The van der Waals surface area contributed by atoms with E-state index in [1.165, 1.54) is 16.8 Å². The lowest BCUT2D eigenvalue weighted by molar-refractivity contribution is 0.0932. The van der Waals surface area contributed by atoms with Crippen LogP contribution in [0, 0.1) is 5.82 Å². The number of amides is 1. The number of fused-ring (bicyclic) bond motifs is 2. The normalized spacial score (nSPS) is 18.0. The standard InChI is InChI=1S/C24H23ClFN7O2/c1-3-18-16-8-15(26)10-29-24(16)35-12(2)9-28-23(34)17-11-30-33-20(27)19(21(31-18)32-22(17)33)13-4-6-14(25)7-5-13/h4-8,10-12,18H,3,9,27H2,1-2H3,(H,28,34)(H,31,32)/t12-,18+/m0/s1. The van der Waals surface area contributed by atoms with Crippen LogP contribution >= 0.6 is 11.6 Å². The second-order valence-electron chi connectivity index (χ2n) is 8.31. The number of carbonyl (C=O) groups is 1. The summed E-state index contributed by atoms with van der Waals surface area (Å²) >= 11 is 6.10. The van der Waals surface area contributed by atoms with Crippen molar-refractivity contribution in [3.8, 4) is 17.0 Å². The molecule has 1 aromatic carbocycles. The van der Waals surface area contributed by atoms with Crippen LogP contribution in [0.15, 0.2) is 42.7 Å². The van der Waals surface area contributed by atoms with E-state index in [9.17, 15) is 9.18 Å². The molecule has 4 aromatic rings. The molecule has 3 aromatic heterocycles. The van der Waals surface area contributed by atoms with Crippen LogP contribution in [-0.2, 0) is 0 Å². The molecule has 4 N–H and O–H groups in total. The summed E-state index contributed by atoms with van der Waals surface area (Å²) in [6.45, 7) is 3.95. The van der Waals surface area contributed by atoms with Gasteiger partial charge in [0.05, 0.1) is 30.5 Å². The van der Waals surface area contributed by atoms with Gasteiger partial charge in [-0.3, -0.25) is 4.79 Å². The number of rotatable bonds is 2. The number of ether oxygens (including phenoxy) is 1. The van der Waals surface area contributed by atoms with Crippen LogP contribution in [0.3, 0.4) is 0 Å². The summed E-state index contributed by atoms with van der Waals surface area (Å²) in [7, 11) is 0. The Morgan fingerprint density at radius 3 is 2.80 bits per heavy atom. The highest BCUT2D eigenvalue weighted by atomic mass is 35.5. The molecule has 0 unspecified atom stereocenters. The van der Waals surface area contributed by atoms with Gasteiger partial charge in [0.2, 0.25) is 5.88 Å². The molecule has 4 heterocycles. The van der Waals surface area contributed by atoms with Gasteiger partial charge in [0.25, 0.3) is 5.91 Å². The number of nitrogens with one attached hydrogen (secondary N) is 2. The van der Waals surface area contributed by atoms with Crippen molar-refractivity contribution in [2.75, 3.05) is 17.6 Å². The van der Waals surface area contributed by atoms with Crippen molar-refractivity contribution < 1.29 is 13.9 Å². The Bertz CT molecular complexity index is 1420. The number of pyridine rings is 1. The van der Waals surface area contributed by atoms with Gasteiger partial charge < -0.3 is 21.1 Å². The number of nitrogens with two attached hydrogens (primary N) is 1. The van der Waals surface area contributed by atoms with Gasteiger partial charge in [-0.2, -0.15) is 9.61 Å². The SMILES string of the molecule is CC[C@H]1Nc2nc3c(cnn3c(N)c2-c2ccc(Cl)cc2)C(=O)NC[C@H](C)Oc2ncc(F)cc21. The highest BCUT2D eigenvalue weighted by Gasteiger charge is 2.26. The number of nitrogens with zero attached hydrogens (tertiary/aromatic N) is 4. The van der Waals surface area contributed by atoms with Crippen molar-refractivity contribution in [3.05, 3.63) is 64.7 Å². The largest absolute Gasteiger partial charge is 0.473 e. The summed E-state index contributed by atoms with van der Waals surface area (Å²) in [5.41, 5.74) is 8.98. The van der Waals surface area contributed by atoms with Gasteiger partial charge in [-0.15, -0.1) is 0 Å². The molecule has 0 saturated heterocycles. The van der Waals surface area contributed by atoms with E-state index in [-0.39, 0.29) is 29.7 Å². The Kier molecular flexibility index (Phi) is 5.89. The van der Waals surface area contributed by atoms with Crippen LogP contribution in [0.5, 0.6) is 5.88 Å². The predicted octanol–water partition coefficient (Wildman–Crippen LogP) is 4.24. The van der Waals surface area contributed by atoms with Gasteiger partial charge in [-0.05, 0) is 37.1 Å². The number of nitrogen functional groups attached to an aromatic ring is 1. The summed E-state index contributed by atoms with van der Waals surface area (Å²) < 4.78 is 21.7. The smallest absolute Gasteiger partial charge is 0.256 e. The fraction of sp³-hybridized carbons (Fsp3) is 0.250. The minimum absolute atomic E-state index is 0.198. The Morgan fingerprint density at radius 2 is 2.06 bits per heavy atom. The quantitative estimate of drug-likeness (QED) is 0.380. The minimum atomic E-state index is -0.489. The zero-order chi connectivity index (χ0) is 24.7. The molecule has 2 atom stereocenters. The fourth-order valence-corrected chi connectivity index (χ4v) is 4.23. The van der Waals surface area contributed by atoms with Gasteiger partial charge in [-0.1, -0.05) is 30.7 Å². The predicted molar refractivity (Wildman–Crippen MR) is 131 cm³/mol. The average molecular weight is 496 g/mol. The molecule has 2 bridgehead atoms. The molecule has 0 radical (unpaired) electrons. The second-order valence-corrected chi connectivity index (χ2v) is 8.75. The molecule has 0 saturated carbocycles. The zero-order valence-corrected chi connectivity index (χ0v) is 19.8. The van der Waals surface area contributed by atoms with E-state index in [4.69, 9.17) is 27.1 Å². The molecule has 5 rings (SSSR count). The van der Waals surface area contributed by atoms with Crippen molar-refractivity contribution in [1.29, 1.82) is 0 Å². The Morgan fingerprint density at radius 1 is 1.29 bits per heavy atom. The van der Waals surface area contributed by atoms with E-state index >= 15 is 0 Å². The van der Waals surface area contributed by atoms with Gasteiger partial charge >= 0.3 is 0 Å². The van der Waals surface area contributed by atoms with Crippen LogP contribution < -0.4 is 21.1 Å². The highest BCUT2D eigenvalue weighted by Crippen LogP contribution is 2.38. The first-order chi connectivity index (χ1) is 16.9. The van der Waals surface area contributed by atoms with Gasteiger partial charge in [0.15, 0.2) is 5.65 Å². The summed E-state index contributed by atoms with van der Waals surface area (Å²) in [6.07, 6.45) is 2.67. The molecule has 1 aliphatic rings. The fourth-order valence-electron chi connectivity index (χ4n) is 4.10. The van der Waals surface area contributed by atoms with E-state index in [1.54, 1.807) is 19.1 Å². The lowest BCUT2D eigenvalue weighted by atomic mass is 10.0. The van der Waals surface area contributed by atoms with Gasteiger partial charge in [0.1, 0.15) is 29.1 Å². The monoisotopic (exact) mass is 495 g/mol. The third kappa shape index (κ3) is 4.21. The van der Waals surface area contributed by atoms with Crippen molar-refractivity contribution in [2.24, 2.45) is 0 Å². The van der Waals surface area contributed by atoms with Gasteiger partial charge in [-0.25, -0.2) is 14.4 Å². The first-order valence-electron chi connectivity index (χ1n) is 11.2. The van der Waals surface area contributed by atoms with E-state index in [0.717, 1.165) is 11.8 Å². The second kappa shape index (κ2) is 9.03. The van der Waals surface area contributed by atoms with Crippen LogP contribution in [0.4, 0.5) is 16.0 Å². The molecular weight excluding hydrogens is 473 g/mol. The summed E-state index contributed by atoms with van der Waals surface area (Å²) in [5, 5.41) is 11.1. The lowest BCUT2D eigenvalue weighted by Crippen LogP contribution is -2.34. The number of anilines is 2. The Hall–Kier alpha value is -3.92. The number of hydrogen-bond acceptors (Lipinski definition) is 7. The summed E-state index contributed by atoms with van der Waals surface area (Å²) in [6, 6.07) is 8.10. The molecule has 0 fully saturated rings. The van der Waals surface area contributed by atoms with E-state index in [0.29, 0.717) is 34.0 Å². The zero-order valence-electron chi connectivity index (χ0n) is 19.0. The third-order valence-corrected chi connectivity index (χ3v) is 6.12. The summed E-state index contributed by atoms with van der Waals surface area (Å²) in [4.78, 5) is 21.9. The van der Waals surface area contributed by atoms with Crippen LogP contribution in [0.2, 0.25) is 5.02 Å². The molecular formula is C24H23ClFN7O2. The first kappa shape index (κ1) is 22.9. The lowest BCUT2D eigenvalue weighted by Gasteiger charge is -2.24. The van der Waals surface area contributed by atoms with E-state index in [1.807, 2.05) is 19.1 Å². The number of hydrogen-bond donors (Lipinski definition) is 3. The maximum atomic E-state index is 14.3. The van der Waals surface area contributed by atoms with Gasteiger partial charge in [0, 0.05) is 10.6 Å². The topological polar surface area (TPSA) is 119 Å². The average Bonchev–Trinajstić information content (AvgIpc) is 3.27. The molecule has 1 aliphatic heterocycles. The van der Waals surface area contributed by atoms with Crippen LogP contribution in [0.1, 0.15) is 42.2 Å². The maximum Gasteiger partial charge on any atom is 0.256 e. The van der Waals surface area contributed by atoms with Crippen molar-refractivity contribution in [2.45, 2.75) is 32.4 Å². The van der Waals surface area contributed by atoms with E-state index < -0.39 is 18.0 Å². The highest BCUT2D eigenvalue weighted by molar-refractivity contribution is 6.30. The van der Waals surface area contributed by atoms with Crippen LogP contribution in [0.25, 0.3) is 16.8 Å². The molecule has 11 heteroatoms. The molecule has 9 nitrogen and oxygen atoms in total. The number of benzene rings is 1. The van der Waals surface area contributed by atoms with Crippen molar-refractivity contribution in [1.82, 2.24) is 24.9 Å². The number of carbonyl (C=O) groups excluding carboxylic acids is 1. The Balaban J connectivity index is 1.76. The molecule has 1 amide bonds. The van der Waals surface area contributed by atoms with Crippen molar-refractivity contribution >= 4 is 34.8 Å². The first-order valence-corrected chi connectivity index (χ1v) is 11.5. The number of aromatic nitrogens is 4. The molecule has 35 heavy (non-hydrogen) atoms. The number of halogens is 2. The van der Waals surface area contributed by atoms with Crippen molar-refractivity contribution in [3.63, 3.8) is 0 Å². The molecule has 180 valence electrons. The molecule has 0 spiro atoms. The third-order valence-electron chi connectivity index (χ3n) is 5.86. The Labute approximate surface area is 205 Å².